The van der Waals surface area contributed by atoms with Crippen molar-refractivity contribution in [2.45, 2.75) is 44.0 Å². The number of methoxy groups -OCH3 is 2. The second-order valence-electron chi connectivity index (χ2n) is 7.59. The van der Waals surface area contributed by atoms with Gasteiger partial charge >= 0.3 is 5.97 Å². The van der Waals surface area contributed by atoms with Gasteiger partial charge in [0.1, 0.15) is 11.8 Å². The van der Waals surface area contributed by atoms with Gasteiger partial charge in [0.05, 0.1) is 25.0 Å². The average molecular weight is 427 g/mol. The highest BCUT2D eigenvalue weighted by Gasteiger charge is 2.35. The lowest BCUT2D eigenvalue weighted by Gasteiger charge is -2.32. The highest BCUT2D eigenvalue weighted by atomic mass is 32.2. The van der Waals surface area contributed by atoms with Gasteiger partial charge in [-0.3, -0.25) is 4.79 Å². The molecule has 0 radical (unpaired) electrons. The fourth-order valence-corrected chi connectivity index (χ4v) is 4.91. The number of hydrogen-bond donors (Lipinski definition) is 1. The first-order valence-corrected chi connectivity index (χ1v) is 11.2. The van der Waals surface area contributed by atoms with Crippen LogP contribution >= 0.6 is 0 Å². The Hall–Kier alpha value is -2.13. The molecule has 0 aliphatic carbocycles. The molecule has 1 aliphatic heterocycles. The first kappa shape index (κ1) is 23.2. The van der Waals surface area contributed by atoms with Crippen molar-refractivity contribution in [3.05, 3.63) is 24.3 Å². The first-order chi connectivity index (χ1) is 13.7. The van der Waals surface area contributed by atoms with Crippen molar-refractivity contribution in [1.82, 2.24) is 9.62 Å². The molecule has 0 saturated carbocycles. The molecule has 0 bridgehead atoms. The van der Waals surface area contributed by atoms with Crippen LogP contribution in [-0.4, -0.2) is 58.0 Å². The summed E-state index contributed by atoms with van der Waals surface area (Å²) in [5.74, 6) is -0.575. The van der Waals surface area contributed by atoms with Crippen molar-refractivity contribution >= 4 is 21.9 Å². The minimum absolute atomic E-state index is 0.0791. The van der Waals surface area contributed by atoms with Crippen LogP contribution in [0, 0.1) is 11.8 Å². The summed E-state index contributed by atoms with van der Waals surface area (Å²) in [6.07, 6.45) is 1.59. The predicted octanol–water partition coefficient (Wildman–Crippen LogP) is 1.80. The molecule has 1 heterocycles. The van der Waals surface area contributed by atoms with E-state index in [1.807, 2.05) is 13.8 Å². The van der Waals surface area contributed by atoms with Crippen molar-refractivity contribution in [1.29, 1.82) is 0 Å². The van der Waals surface area contributed by atoms with Gasteiger partial charge in [-0.05, 0) is 49.4 Å². The molecule has 8 nitrogen and oxygen atoms in total. The van der Waals surface area contributed by atoms with Gasteiger partial charge in [0, 0.05) is 13.1 Å². The van der Waals surface area contributed by atoms with Crippen LogP contribution in [0.25, 0.3) is 0 Å². The molecule has 0 spiro atoms. The number of carbonyl (C=O) groups excluding carboxylic acids is 2. The number of nitrogens with one attached hydrogen (secondary N) is 1. The highest BCUT2D eigenvalue weighted by Crippen LogP contribution is 2.25. The minimum Gasteiger partial charge on any atom is -0.497 e. The summed E-state index contributed by atoms with van der Waals surface area (Å²) >= 11 is 0. The summed E-state index contributed by atoms with van der Waals surface area (Å²) in [6, 6.07) is 5.43. The largest absolute Gasteiger partial charge is 0.497 e. The maximum Gasteiger partial charge on any atom is 0.328 e. The molecule has 1 saturated heterocycles. The van der Waals surface area contributed by atoms with E-state index < -0.39 is 28.0 Å². The lowest BCUT2D eigenvalue weighted by molar-refractivity contribution is -0.146. The SMILES string of the molecule is COC(=O)C(CC(C)C)NC(=O)C1CCCN(S(=O)(=O)c2ccc(OC)cc2)C1. The van der Waals surface area contributed by atoms with E-state index in [0.29, 0.717) is 31.6 Å². The number of benzene rings is 1. The zero-order valence-corrected chi connectivity index (χ0v) is 18.2. The second-order valence-corrected chi connectivity index (χ2v) is 9.53. The summed E-state index contributed by atoms with van der Waals surface area (Å²) in [4.78, 5) is 24.9. The number of amides is 1. The Morgan fingerprint density at radius 2 is 1.86 bits per heavy atom. The van der Waals surface area contributed by atoms with Crippen LogP contribution in [0.15, 0.2) is 29.2 Å². The van der Waals surface area contributed by atoms with E-state index in [2.05, 4.69) is 5.32 Å². The highest BCUT2D eigenvalue weighted by molar-refractivity contribution is 7.89. The molecule has 2 unspecified atom stereocenters. The Morgan fingerprint density at radius 3 is 2.41 bits per heavy atom. The Labute approximate surface area is 172 Å². The second kappa shape index (κ2) is 10.1. The Morgan fingerprint density at radius 1 is 1.21 bits per heavy atom. The van der Waals surface area contributed by atoms with Gasteiger partial charge in [-0.25, -0.2) is 13.2 Å². The smallest absolute Gasteiger partial charge is 0.328 e. The molecule has 1 fully saturated rings. The van der Waals surface area contributed by atoms with Crippen LogP contribution in [0.3, 0.4) is 0 Å². The monoisotopic (exact) mass is 426 g/mol. The van der Waals surface area contributed by atoms with Crippen molar-refractivity contribution in [3.63, 3.8) is 0 Å². The van der Waals surface area contributed by atoms with Gasteiger partial charge in [-0.1, -0.05) is 13.8 Å². The number of carbonyl (C=O) groups is 2. The maximum atomic E-state index is 13.0. The number of piperidine rings is 1. The van der Waals surface area contributed by atoms with Gasteiger partial charge in [-0.2, -0.15) is 4.31 Å². The molecule has 2 rings (SSSR count). The Bertz CT molecular complexity index is 807. The first-order valence-electron chi connectivity index (χ1n) is 9.71. The summed E-state index contributed by atoms with van der Waals surface area (Å²) in [5.41, 5.74) is 0. The van der Waals surface area contributed by atoms with E-state index in [-0.39, 0.29) is 23.3 Å². The lowest BCUT2D eigenvalue weighted by atomic mass is 9.97. The molecule has 2 atom stereocenters. The van der Waals surface area contributed by atoms with Crippen LogP contribution in [-0.2, 0) is 24.3 Å². The minimum atomic E-state index is -3.72. The normalized spacial score (nSPS) is 18.9. The summed E-state index contributed by atoms with van der Waals surface area (Å²) in [6.45, 7) is 4.33. The number of rotatable bonds is 8. The number of hydrogen-bond acceptors (Lipinski definition) is 6. The summed E-state index contributed by atoms with van der Waals surface area (Å²) < 4.78 is 37.1. The molecule has 1 aromatic rings. The van der Waals surface area contributed by atoms with E-state index in [1.54, 1.807) is 12.1 Å². The van der Waals surface area contributed by atoms with E-state index in [4.69, 9.17) is 9.47 Å². The van der Waals surface area contributed by atoms with Gasteiger partial charge in [0.2, 0.25) is 15.9 Å². The quantitative estimate of drug-likeness (QED) is 0.636. The topological polar surface area (TPSA) is 102 Å². The molecule has 9 heteroatoms. The molecule has 1 amide bonds. The fourth-order valence-electron chi connectivity index (χ4n) is 3.39. The van der Waals surface area contributed by atoms with Crippen molar-refractivity contribution in [2.24, 2.45) is 11.8 Å². The zero-order valence-electron chi connectivity index (χ0n) is 17.4. The standard InChI is InChI=1S/C20H30N2O6S/c1-14(2)12-18(20(24)28-4)21-19(23)15-6-5-11-22(13-15)29(25,26)17-9-7-16(27-3)8-10-17/h7-10,14-15,18H,5-6,11-13H2,1-4H3,(H,21,23). The third-order valence-corrected chi connectivity index (χ3v) is 6.84. The van der Waals surface area contributed by atoms with Crippen molar-refractivity contribution in [2.75, 3.05) is 27.3 Å². The van der Waals surface area contributed by atoms with Crippen molar-refractivity contribution < 1.29 is 27.5 Å². The Balaban J connectivity index is 2.10. The molecule has 1 aromatic carbocycles. The maximum absolute atomic E-state index is 13.0. The van der Waals surface area contributed by atoms with E-state index in [1.165, 1.54) is 30.7 Å². The molecule has 1 aliphatic rings. The third kappa shape index (κ3) is 5.93. The summed E-state index contributed by atoms with van der Waals surface area (Å²) in [7, 11) is -0.920. The van der Waals surface area contributed by atoms with Gasteiger partial charge in [-0.15, -0.1) is 0 Å². The molecule has 0 aromatic heterocycles. The predicted molar refractivity (Wildman–Crippen MR) is 108 cm³/mol. The lowest BCUT2D eigenvalue weighted by Crippen LogP contribution is -2.49. The Kier molecular flexibility index (Phi) is 8.04. The average Bonchev–Trinajstić information content (AvgIpc) is 2.72. The van der Waals surface area contributed by atoms with Crippen LogP contribution in [0.1, 0.15) is 33.1 Å². The van der Waals surface area contributed by atoms with Gasteiger partial charge in [0.15, 0.2) is 0 Å². The van der Waals surface area contributed by atoms with Gasteiger partial charge < -0.3 is 14.8 Å². The fraction of sp³-hybridized carbons (Fsp3) is 0.600. The number of sulfonamides is 1. The van der Waals surface area contributed by atoms with Crippen molar-refractivity contribution in [3.8, 4) is 5.75 Å². The third-order valence-electron chi connectivity index (χ3n) is 4.96. The molecule has 162 valence electrons. The molecular formula is C20H30N2O6S. The van der Waals surface area contributed by atoms with Gasteiger partial charge in [0.25, 0.3) is 0 Å². The number of ether oxygens (including phenoxy) is 2. The van der Waals surface area contributed by atoms with E-state index in [9.17, 15) is 18.0 Å². The molecular weight excluding hydrogens is 396 g/mol. The van der Waals surface area contributed by atoms with Crippen LogP contribution in [0.4, 0.5) is 0 Å². The summed E-state index contributed by atoms with van der Waals surface area (Å²) in [5, 5.41) is 2.74. The zero-order chi connectivity index (χ0) is 21.6. The van der Waals surface area contributed by atoms with E-state index in [0.717, 1.165) is 0 Å². The van der Waals surface area contributed by atoms with Crippen LogP contribution in [0.5, 0.6) is 5.75 Å². The molecule has 1 N–H and O–H groups in total. The number of nitrogens with zero attached hydrogens (tertiary/aromatic N) is 1. The van der Waals surface area contributed by atoms with Crippen LogP contribution in [0.2, 0.25) is 0 Å². The van der Waals surface area contributed by atoms with Crippen LogP contribution < -0.4 is 10.1 Å². The van der Waals surface area contributed by atoms with E-state index >= 15 is 0 Å². The molecule has 29 heavy (non-hydrogen) atoms. The number of esters is 1.